The fourth-order valence-electron chi connectivity index (χ4n) is 2.91. The van der Waals surface area contributed by atoms with Gasteiger partial charge in [-0.2, -0.15) is 36.5 Å². The largest absolute Gasteiger partial charge is 0.464 e. The summed E-state index contributed by atoms with van der Waals surface area (Å²) in [5, 5.41) is 1.93. The molecule has 3 rings (SSSR count). The van der Waals surface area contributed by atoms with E-state index in [1.807, 2.05) is 0 Å². The van der Waals surface area contributed by atoms with Crippen LogP contribution in [-0.4, -0.2) is 24.7 Å². The summed E-state index contributed by atoms with van der Waals surface area (Å²) in [6.45, 7) is 0. The Hall–Kier alpha value is -2.47. The van der Waals surface area contributed by atoms with E-state index < -0.39 is 72.4 Å². The van der Waals surface area contributed by atoms with E-state index in [4.69, 9.17) is 46.4 Å². The minimum Gasteiger partial charge on any atom is -0.464 e. The van der Waals surface area contributed by atoms with E-state index in [0.29, 0.717) is 29.3 Å². The first-order valence-electron chi connectivity index (χ1n) is 8.92. The fraction of sp³-hybridized carbons (Fsp3) is 0.150. The molecule has 1 amide bonds. The number of benzene rings is 2. The molecule has 0 atom stereocenters. The van der Waals surface area contributed by atoms with Crippen molar-refractivity contribution in [1.29, 1.82) is 0 Å². The van der Waals surface area contributed by atoms with E-state index in [1.54, 1.807) is 0 Å². The average molecular weight is 580 g/mol. The van der Waals surface area contributed by atoms with Gasteiger partial charge in [-0.05, 0) is 30.3 Å². The Morgan fingerprint density at radius 3 is 1.71 bits per heavy atom. The lowest BCUT2D eigenvalue weighted by atomic mass is 10.0. The Morgan fingerprint density at radius 1 is 0.886 bits per heavy atom. The minimum absolute atomic E-state index is 0.271. The number of methoxy groups -OCH3 is 1. The highest BCUT2D eigenvalue weighted by atomic mass is 35.5. The quantitative estimate of drug-likeness (QED) is 0.218. The molecule has 0 N–H and O–H groups in total. The predicted molar refractivity (Wildman–Crippen MR) is 118 cm³/mol. The van der Waals surface area contributed by atoms with Gasteiger partial charge in [0.2, 0.25) is 0 Å². The third-order valence-corrected chi connectivity index (χ3v) is 5.71. The summed E-state index contributed by atoms with van der Waals surface area (Å²) >= 11 is 23.7. The van der Waals surface area contributed by atoms with Gasteiger partial charge in [0.05, 0.1) is 33.9 Å². The van der Waals surface area contributed by atoms with Crippen LogP contribution in [-0.2, 0) is 26.7 Å². The summed E-state index contributed by atoms with van der Waals surface area (Å²) in [5.74, 6) is -2.29. The standard InChI is InChI=1S/C20H8Cl4F6N2O3/c1-35-18(34)15-10(6-9-11(21)2-7(3-12(9)22)19(25,26)27)17(33)32(31-15)16-13(23)4-8(5-14(16)24)20(28,29)30/h2-6H,1H3/b10-6+. The molecule has 1 aliphatic rings. The second kappa shape index (κ2) is 9.53. The number of amides is 1. The molecule has 5 nitrogen and oxygen atoms in total. The van der Waals surface area contributed by atoms with Crippen molar-refractivity contribution in [1.82, 2.24) is 0 Å². The monoisotopic (exact) mass is 578 g/mol. The summed E-state index contributed by atoms with van der Waals surface area (Å²) in [4.78, 5) is 25.4. The number of carbonyl (C=O) groups excluding carboxylic acids is 2. The van der Waals surface area contributed by atoms with Crippen LogP contribution in [0.5, 0.6) is 0 Å². The zero-order valence-electron chi connectivity index (χ0n) is 16.8. The van der Waals surface area contributed by atoms with E-state index in [1.165, 1.54) is 0 Å². The maximum atomic E-state index is 13.1. The predicted octanol–water partition coefficient (Wildman–Crippen LogP) is 7.30. The zero-order valence-corrected chi connectivity index (χ0v) is 19.8. The molecule has 35 heavy (non-hydrogen) atoms. The number of hydrogen-bond acceptors (Lipinski definition) is 4. The molecule has 1 heterocycles. The summed E-state index contributed by atoms with van der Waals surface area (Å²) in [7, 11) is 0.950. The van der Waals surface area contributed by atoms with Crippen molar-refractivity contribution in [2.24, 2.45) is 5.10 Å². The number of hydrogen-bond donors (Lipinski definition) is 0. The highest BCUT2D eigenvalue weighted by molar-refractivity contribution is 6.55. The maximum Gasteiger partial charge on any atom is 0.416 e. The van der Waals surface area contributed by atoms with Gasteiger partial charge in [0.15, 0.2) is 5.71 Å². The minimum atomic E-state index is -4.80. The zero-order chi connectivity index (χ0) is 26.5. The molecule has 0 aromatic heterocycles. The number of nitrogens with zero attached hydrogens (tertiary/aromatic N) is 2. The molecule has 0 unspecified atom stereocenters. The third-order valence-electron chi connectivity index (χ3n) is 4.51. The molecule has 0 spiro atoms. The fourth-order valence-corrected chi connectivity index (χ4v) is 4.15. The lowest BCUT2D eigenvalue weighted by Crippen LogP contribution is -2.23. The number of anilines is 1. The maximum absolute atomic E-state index is 13.1. The molecule has 0 bridgehead atoms. The number of alkyl halides is 6. The molecule has 2 aromatic carbocycles. The van der Waals surface area contributed by atoms with Gasteiger partial charge in [0, 0.05) is 15.6 Å². The van der Waals surface area contributed by atoms with Crippen LogP contribution < -0.4 is 5.01 Å². The van der Waals surface area contributed by atoms with Crippen LogP contribution in [0.1, 0.15) is 16.7 Å². The number of ether oxygens (including phenoxy) is 1. The first-order valence-corrected chi connectivity index (χ1v) is 10.4. The molecule has 0 aliphatic carbocycles. The van der Waals surface area contributed by atoms with Crippen LogP contribution >= 0.6 is 46.4 Å². The van der Waals surface area contributed by atoms with Crippen LogP contribution in [0.4, 0.5) is 32.0 Å². The molecule has 0 saturated heterocycles. The van der Waals surface area contributed by atoms with Gasteiger partial charge in [0.1, 0.15) is 5.69 Å². The molecule has 0 fully saturated rings. The lowest BCUT2D eigenvalue weighted by Gasteiger charge is -2.17. The van der Waals surface area contributed by atoms with E-state index in [2.05, 4.69) is 9.84 Å². The highest BCUT2D eigenvalue weighted by Gasteiger charge is 2.40. The number of halogens is 10. The Kier molecular flexibility index (Phi) is 7.39. The normalized spacial score (nSPS) is 15.6. The van der Waals surface area contributed by atoms with Gasteiger partial charge in [-0.15, -0.1) is 0 Å². The Balaban J connectivity index is 2.17. The Labute approximate surface area is 212 Å². The van der Waals surface area contributed by atoms with Crippen LogP contribution in [0.2, 0.25) is 20.1 Å². The van der Waals surface area contributed by atoms with Crippen LogP contribution in [0.15, 0.2) is 34.9 Å². The molecule has 186 valence electrons. The van der Waals surface area contributed by atoms with Gasteiger partial charge in [-0.25, -0.2) is 4.79 Å². The molecular formula is C20H8Cl4F6N2O3. The SMILES string of the molecule is COC(=O)C1=NN(c2c(Cl)cc(C(F)(F)F)cc2Cl)C(=O)/C1=C/c1c(Cl)cc(C(F)(F)F)cc1Cl. The highest BCUT2D eigenvalue weighted by Crippen LogP contribution is 2.43. The average Bonchev–Trinajstić information content (AvgIpc) is 3.04. The van der Waals surface area contributed by atoms with Crippen molar-refractivity contribution >= 4 is 75.8 Å². The number of hydrazone groups is 1. The van der Waals surface area contributed by atoms with E-state index in [-0.39, 0.29) is 5.56 Å². The van der Waals surface area contributed by atoms with Crippen LogP contribution in [0, 0.1) is 0 Å². The summed E-state index contributed by atoms with van der Waals surface area (Å²) in [6, 6.07) is 2.09. The number of esters is 1. The van der Waals surface area contributed by atoms with Crippen molar-refractivity contribution in [2.45, 2.75) is 12.4 Å². The van der Waals surface area contributed by atoms with Crippen molar-refractivity contribution in [3.05, 3.63) is 66.6 Å². The van der Waals surface area contributed by atoms with Gasteiger partial charge < -0.3 is 4.74 Å². The second-order valence-electron chi connectivity index (χ2n) is 6.75. The van der Waals surface area contributed by atoms with E-state index >= 15 is 0 Å². The third kappa shape index (κ3) is 5.37. The van der Waals surface area contributed by atoms with E-state index in [0.717, 1.165) is 13.2 Å². The van der Waals surface area contributed by atoms with Gasteiger partial charge in [0.25, 0.3) is 5.91 Å². The molecule has 15 heteroatoms. The Morgan fingerprint density at radius 2 is 1.31 bits per heavy atom. The summed E-state index contributed by atoms with van der Waals surface area (Å²) < 4.78 is 82.7. The van der Waals surface area contributed by atoms with Gasteiger partial charge in [-0.3, -0.25) is 4.79 Å². The molecule has 2 aromatic rings. The smallest absolute Gasteiger partial charge is 0.416 e. The van der Waals surface area contributed by atoms with Crippen molar-refractivity contribution < 1.29 is 40.7 Å². The first-order chi connectivity index (χ1) is 16.1. The molecule has 0 radical (unpaired) electrons. The summed E-state index contributed by atoms with van der Waals surface area (Å²) in [6.07, 6.45) is -8.69. The van der Waals surface area contributed by atoms with Gasteiger partial charge >= 0.3 is 18.3 Å². The van der Waals surface area contributed by atoms with E-state index in [9.17, 15) is 35.9 Å². The number of carbonyl (C=O) groups is 2. The first kappa shape index (κ1) is 27.1. The van der Waals surface area contributed by atoms with Crippen LogP contribution in [0.3, 0.4) is 0 Å². The summed E-state index contributed by atoms with van der Waals surface area (Å²) in [5.41, 5.74) is -4.34. The van der Waals surface area contributed by atoms with Crippen LogP contribution in [0.25, 0.3) is 6.08 Å². The lowest BCUT2D eigenvalue weighted by molar-refractivity contribution is -0.138. The number of rotatable bonds is 3. The van der Waals surface area contributed by atoms with Gasteiger partial charge in [-0.1, -0.05) is 46.4 Å². The Bertz CT molecular complexity index is 1260. The van der Waals surface area contributed by atoms with Crippen molar-refractivity contribution in [3.8, 4) is 0 Å². The second-order valence-corrected chi connectivity index (χ2v) is 8.38. The molecule has 0 saturated carbocycles. The van der Waals surface area contributed by atoms with Crippen molar-refractivity contribution in [2.75, 3.05) is 12.1 Å². The molecule has 1 aliphatic heterocycles. The molecular weight excluding hydrogens is 572 g/mol. The topological polar surface area (TPSA) is 59.0 Å². The van der Waals surface area contributed by atoms with Crippen molar-refractivity contribution in [3.63, 3.8) is 0 Å².